The highest BCUT2D eigenvalue weighted by Crippen LogP contribution is 2.46. The third-order valence-corrected chi connectivity index (χ3v) is 5.35. The van der Waals surface area contributed by atoms with E-state index >= 15 is 0 Å². The first-order valence-corrected chi connectivity index (χ1v) is 9.94. The van der Waals surface area contributed by atoms with Gasteiger partial charge in [-0.2, -0.15) is 0 Å². The number of amides is 2. The summed E-state index contributed by atoms with van der Waals surface area (Å²) in [6.45, 7) is -0.122. The molecule has 6 nitrogen and oxygen atoms in total. The van der Waals surface area contributed by atoms with Gasteiger partial charge in [0, 0.05) is 18.9 Å². The first kappa shape index (κ1) is 21.6. The van der Waals surface area contributed by atoms with E-state index < -0.39 is 18.8 Å². The van der Waals surface area contributed by atoms with Crippen molar-refractivity contribution in [2.45, 2.75) is 56.9 Å². The second-order valence-electron chi connectivity index (χ2n) is 7.64. The number of alkyl halides is 2. The third kappa shape index (κ3) is 5.93. The summed E-state index contributed by atoms with van der Waals surface area (Å²) >= 11 is 0. The molecular formula is C20H26F3N3O3. The van der Waals surface area contributed by atoms with Gasteiger partial charge >= 0.3 is 0 Å². The fraction of sp³-hybridized carbons (Fsp3) is 0.600. The molecule has 2 fully saturated rings. The summed E-state index contributed by atoms with van der Waals surface area (Å²) < 4.78 is 43.3. The van der Waals surface area contributed by atoms with Gasteiger partial charge in [-0.25, -0.2) is 18.6 Å². The second kappa shape index (κ2) is 9.58. The molecule has 0 aromatic heterocycles. The first-order valence-electron chi connectivity index (χ1n) is 9.94. The monoisotopic (exact) mass is 413 g/mol. The minimum atomic E-state index is -2.66. The van der Waals surface area contributed by atoms with Crippen molar-refractivity contribution in [3.05, 3.63) is 29.6 Å². The van der Waals surface area contributed by atoms with Gasteiger partial charge in [-0.3, -0.25) is 20.3 Å². The molecule has 1 heterocycles. The van der Waals surface area contributed by atoms with Crippen LogP contribution in [0.5, 0.6) is 5.75 Å². The summed E-state index contributed by atoms with van der Waals surface area (Å²) in [5, 5.41) is 2.32. The van der Waals surface area contributed by atoms with E-state index in [1.807, 2.05) is 0 Å². The van der Waals surface area contributed by atoms with Gasteiger partial charge in [0.15, 0.2) is 11.6 Å². The van der Waals surface area contributed by atoms with Crippen LogP contribution in [0.25, 0.3) is 0 Å². The highest BCUT2D eigenvalue weighted by molar-refractivity contribution is 6.03. The topological polar surface area (TPSA) is 79.5 Å². The number of imide groups is 1. The van der Waals surface area contributed by atoms with Crippen LogP contribution in [-0.2, 0) is 15.1 Å². The zero-order valence-corrected chi connectivity index (χ0v) is 16.1. The first-order chi connectivity index (χ1) is 13.9. The number of hydrogen-bond donors (Lipinski definition) is 3. The maximum atomic E-state index is 13.8. The maximum absolute atomic E-state index is 13.8. The molecule has 1 aromatic rings. The summed E-state index contributed by atoms with van der Waals surface area (Å²) in [5.74, 6) is -1.37. The van der Waals surface area contributed by atoms with Crippen LogP contribution in [-0.4, -0.2) is 31.4 Å². The molecule has 29 heavy (non-hydrogen) atoms. The molecule has 0 radical (unpaired) electrons. The lowest BCUT2D eigenvalue weighted by atomic mass is 10.00. The number of halogens is 3. The van der Waals surface area contributed by atoms with E-state index in [-0.39, 0.29) is 29.0 Å². The van der Waals surface area contributed by atoms with Gasteiger partial charge in [-0.05, 0) is 43.4 Å². The SMILES string of the molecule is O=C1CC(CCCCCNNC2(c3ccc(F)c(OCC(F)F)c3)CC2)C(=O)N1. The van der Waals surface area contributed by atoms with Crippen LogP contribution in [0, 0.1) is 11.7 Å². The van der Waals surface area contributed by atoms with Crippen molar-refractivity contribution in [3.63, 3.8) is 0 Å². The number of hydrazine groups is 1. The second-order valence-corrected chi connectivity index (χ2v) is 7.64. The number of ether oxygens (including phenoxy) is 1. The lowest BCUT2D eigenvalue weighted by Crippen LogP contribution is -2.41. The van der Waals surface area contributed by atoms with Crippen LogP contribution in [0.15, 0.2) is 18.2 Å². The van der Waals surface area contributed by atoms with E-state index in [0.717, 1.165) is 37.7 Å². The Morgan fingerprint density at radius 1 is 1.21 bits per heavy atom. The molecule has 1 unspecified atom stereocenters. The minimum Gasteiger partial charge on any atom is -0.485 e. The van der Waals surface area contributed by atoms with Crippen LogP contribution in [0.2, 0.25) is 0 Å². The van der Waals surface area contributed by atoms with Crippen LogP contribution in [0.3, 0.4) is 0 Å². The number of carbonyl (C=O) groups excluding carboxylic acids is 2. The number of nitrogens with one attached hydrogen (secondary N) is 3. The zero-order valence-electron chi connectivity index (χ0n) is 16.1. The predicted octanol–water partition coefficient (Wildman–Crippen LogP) is 2.78. The van der Waals surface area contributed by atoms with Crippen molar-refractivity contribution in [2.24, 2.45) is 5.92 Å². The molecule has 3 rings (SSSR count). The Hall–Kier alpha value is -2.13. The quantitative estimate of drug-likeness (QED) is 0.279. The molecule has 0 bridgehead atoms. The number of carbonyl (C=O) groups is 2. The molecule has 160 valence electrons. The van der Waals surface area contributed by atoms with Crippen molar-refractivity contribution >= 4 is 11.8 Å². The molecule has 2 aliphatic rings. The van der Waals surface area contributed by atoms with Crippen LogP contribution in [0.4, 0.5) is 13.2 Å². The molecule has 9 heteroatoms. The normalized spacial score (nSPS) is 20.2. The van der Waals surface area contributed by atoms with Crippen molar-refractivity contribution in [1.82, 2.24) is 16.2 Å². The number of benzene rings is 1. The van der Waals surface area contributed by atoms with Crippen LogP contribution < -0.4 is 20.9 Å². The molecule has 1 aromatic carbocycles. The average molecular weight is 413 g/mol. The maximum Gasteiger partial charge on any atom is 0.272 e. The van der Waals surface area contributed by atoms with Gasteiger partial charge in [-0.15, -0.1) is 0 Å². The van der Waals surface area contributed by atoms with E-state index in [4.69, 9.17) is 4.74 Å². The molecule has 1 aliphatic heterocycles. The lowest BCUT2D eigenvalue weighted by molar-refractivity contribution is -0.125. The number of unbranched alkanes of at least 4 members (excludes halogenated alkanes) is 2. The smallest absolute Gasteiger partial charge is 0.272 e. The van der Waals surface area contributed by atoms with E-state index in [1.54, 1.807) is 6.07 Å². The summed E-state index contributed by atoms with van der Waals surface area (Å²) in [6, 6.07) is 4.36. The Labute approximate surface area is 167 Å². The molecular weight excluding hydrogens is 387 g/mol. The van der Waals surface area contributed by atoms with Crippen molar-refractivity contribution in [2.75, 3.05) is 13.2 Å². The molecule has 1 saturated heterocycles. The lowest BCUT2D eigenvalue weighted by Gasteiger charge is -2.20. The highest BCUT2D eigenvalue weighted by Gasteiger charge is 2.44. The molecule has 1 saturated carbocycles. The zero-order chi connectivity index (χ0) is 20.9. The Morgan fingerprint density at radius 3 is 2.66 bits per heavy atom. The number of rotatable bonds is 12. The Bertz CT molecular complexity index is 741. The molecule has 1 atom stereocenters. The molecule has 3 N–H and O–H groups in total. The average Bonchev–Trinajstić information content (AvgIpc) is 3.39. The Balaban J connectivity index is 1.37. The molecule has 2 amide bonds. The molecule has 0 spiro atoms. The fourth-order valence-corrected chi connectivity index (χ4v) is 3.53. The van der Waals surface area contributed by atoms with Gasteiger partial charge < -0.3 is 4.74 Å². The Kier molecular flexibility index (Phi) is 7.13. The van der Waals surface area contributed by atoms with Crippen molar-refractivity contribution in [3.8, 4) is 5.75 Å². The van der Waals surface area contributed by atoms with Crippen molar-refractivity contribution < 1.29 is 27.5 Å². The Morgan fingerprint density at radius 2 is 2.00 bits per heavy atom. The van der Waals surface area contributed by atoms with Crippen LogP contribution >= 0.6 is 0 Å². The number of hydrogen-bond acceptors (Lipinski definition) is 5. The van der Waals surface area contributed by atoms with Gasteiger partial charge in [-0.1, -0.05) is 18.9 Å². The van der Waals surface area contributed by atoms with Crippen molar-refractivity contribution in [1.29, 1.82) is 0 Å². The fourth-order valence-electron chi connectivity index (χ4n) is 3.53. The van der Waals surface area contributed by atoms with Crippen LogP contribution in [0.1, 0.15) is 50.5 Å². The van der Waals surface area contributed by atoms with E-state index in [1.165, 1.54) is 12.1 Å². The third-order valence-electron chi connectivity index (χ3n) is 5.35. The molecule has 1 aliphatic carbocycles. The largest absolute Gasteiger partial charge is 0.485 e. The predicted molar refractivity (Wildman–Crippen MR) is 99.7 cm³/mol. The highest BCUT2D eigenvalue weighted by atomic mass is 19.3. The summed E-state index contributed by atoms with van der Waals surface area (Å²) in [6.07, 6.45) is 2.76. The van der Waals surface area contributed by atoms with Gasteiger partial charge in [0.1, 0.15) is 6.61 Å². The van der Waals surface area contributed by atoms with Gasteiger partial charge in [0.25, 0.3) is 6.43 Å². The van der Waals surface area contributed by atoms with Gasteiger partial charge in [0.2, 0.25) is 11.8 Å². The summed E-state index contributed by atoms with van der Waals surface area (Å²) in [7, 11) is 0. The summed E-state index contributed by atoms with van der Waals surface area (Å²) in [4.78, 5) is 22.6. The summed E-state index contributed by atoms with van der Waals surface area (Å²) in [5.41, 5.74) is 6.90. The van der Waals surface area contributed by atoms with E-state index in [0.29, 0.717) is 19.4 Å². The standard InChI is InChI=1S/C20H26F3N3O3/c21-15-6-5-14(11-16(15)29-12-17(22)23)20(7-8-20)26-24-9-3-1-2-4-13-10-18(27)25-19(13)28/h5-6,11,13,17,24,26H,1-4,7-10,12H2,(H,25,27,28). The van der Waals surface area contributed by atoms with Gasteiger partial charge in [0.05, 0.1) is 5.54 Å². The minimum absolute atomic E-state index is 0.162. The van der Waals surface area contributed by atoms with E-state index in [9.17, 15) is 22.8 Å². The van der Waals surface area contributed by atoms with E-state index in [2.05, 4.69) is 16.2 Å².